The van der Waals surface area contributed by atoms with Gasteiger partial charge in [0.15, 0.2) is 5.76 Å². The predicted octanol–water partition coefficient (Wildman–Crippen LogP) is 3.21. The first-order valence-corrected chi connectivity index (χ1v) is 6.39. The van der Waals surface area contributed by atoms with Gasteiger partial charge < -0.3 is 14.5 Å². The lowest BCUT2D eigenvalue weighted by Gasteiger charge is -2.12. The lowest BCUT2D eigenvalue weighted by Crippen LogP contribution is -2.34. The molecular weight excluding hydrogens is 296 g/mol. The van der Waals surface area contributed by atoms with E-state index in [1.165, 1.54) is 19.4 Å². The highest BCUT2D eigenvalue weighted by Gasteiger charge is 2.15. The van der Waals surface area contributed by atoms with E-state index in [4.69, 9.17) is 20.8 Å². The lowest BCUT2D eigenvalue weighted by molar-refractivity contribution is 0.0940. The van der Waals surface area contributed by atoms with Gasteiger partial charge in [-0.05, 0) is 30.7 Å². The van der Waals surface area contributed by atoms with Crippen molar-refractivity contribution in [1.82, 2.24) is 5.32 Å². The van der Waals surface area contributed by atoms with Crippen LogP contribution in [0.2, 0.25) is 5.02 Å². The van der Waals surface area contributed by atoms with Crippen LogP contribution in [0.4, 0.5) is 10.5 Å². The summed E-state index contributed by atoms with van der Waals surface area (Å²) in [7, 11) is 1.46. The number of halogens is 1. The van der Waals surface area contributed by atoms with Crippen LogP contribution in [-0.4, -0.2) is 19.0 Å². The summed E-state index contributed by atoms with van der Waals surface area (Å²) in [5.41, 5.74) is 1.18. The van der Waals surface area contributed by atoms with Gasteiger partial charge in [0.05, 0.1) is 19.1 Å². The molecule has 0 spiro atoms. The number of aryl methyl sites for hydroxylation is 1. The fourth-order valence-corrected chi connectivity index (χ4v) is 1.81. The van der Waals surface area contributed by atoms with E-state index in [9.17, 15) is 9.59 Å². The second kappa shape index (κ2) is 6.32. The standard InChI is InChI=1S/C14H13ClN2O4/c1-8-6-10(12(20-2)7-9(8)15)16-14(19)17-13(18)11-4-3-5-21-11/h3-7H,1-2H3,(H2,16,17,18,19). The highest BCUT2D eigenvalue weighted by Crippen LogP contribution is 2.30. The highest BCUT2D eigenvalue weighted by molar-refractivity contribution is 6.31. The molecule has 3 amide bonds. The third kappa shape index (κ3) is 3.55. The van der Waals surface area contributed by atoms with E-state index in [0.717, 1.165) is 5.56 Å². The minimum Gasteiger partial charge on any atom is -0.495 e. The Balaban J connectivity index is 2.09. The van der Waals surface area contributed by atoms with Gasteiger partial charge in [-0.3, -0.25) is 10.1 Å². The summed E-state index contributed by atoms with van der Waals surface area (Å²) in [4.78, 5) is 23.5. The molecule has 7 heteroatoms. The molecule has 0 atom stereocenters. The third-order valence-electron chi connectivity index (χ3n) is 2.70. The van der Waals surface area contributed by atoms with Gasteiger partial charge in [0.25, 0.3) is 5.91 Å². The molecule has 110 valence electrons. The zero-order chi connectivity index (χ0) is 15.4. The number of hydrogen-bond donors (Lipinski definition) is 2. The molecule has 1 heterocycles. The van der Waals surface area contributed by atoms with Crippen molar-refractivity contribution in [2.45, 2.75) is 6.92 Å². The van der Waals surface area contributed by atoms with Gasteiger partial charge in [0, 0.05) is 11.1 Å². The average Bonchev–Trinajstić information content (AvgIpc) is 2.96. The number of furan rings is 1. The molecule has 0 saturated heterocycles. The number of amides is 3. The minimum absolute atomic E-state index is 0.0457. The topological polar surface area (TPSA) is 80.6 Å². The summed E-state index contributed by atoms with van der Waals surface area (Å²) in [6, 6.07) is 5.55. The fourth-order valence-electron chi connectivity index (χ4n) is 1.66. The number of ether oxygens (including phenoxy) is 1. The van der Waals surface area contributed by atoms with Gasteiger partial charge in [-0.1, -0.05) is 11.6 Å². The quantitative estimate of drug-likeness (QED) is 0.912. The Kier molecular flexibility index (Phi) is 4.49. The number of anilines is 1. The molecule has 0 aliphatic carbocycles. The second-order valence-electron chi connectivity index (χ2n) is 4.19. The number of imide groups is 1. The van der Waals surface area contributed by atoms with Crippen LogP contribution in [0.3, 0.4) is 0 Å². The molecule has 0 radical (unpaired) electrons. The molecule has 1 aromatic heterocycles. The SMILES string of the molecule is COc1cc(Cl)c(C)cc1NC(=O)NC(=O)c1ccco1. The van der Waals surface area contributed by atoms with Gasteiger partial charge in [-0.15, -0.1) is 0 Å². The van der Waals surface area contributed by atoms with Gasteiger partial charge in [0.1, 0.15) is 5.75 Å². The number of carbonyl (C=O) groups is 2. The predicted molar refractivity (Wildman–Crippen MR) is 77.9 cm³/mol. The Labute approximate surface area is 126 Å². The zero-order valence-electron chi connectivity index (χ0n) is 11.4. The molecule has 21 heavy (non-hydrogen) atoms. The van der Waals surface area contributed by atoms with Crippen molar-refractivity contribution in [2.75, 3.05) is 12.4 Å². The Morgan fingerprint density at radius 3 is 2.71 bits per heavy atom. The molecule has 0 aliphatic heterocycles. The lowest BCUT2D eigenvalue weighted by atomic mass is 10.2. The van der Waals surface area contributed by atoms with Crippen molar-refractivity contribution in [1.29, 1.82) is 0 Å². The molecule has 0 saturated carbocycles. The van der Waals surface area contributed by atoms with E-state index in [1.54, 1.807) is 25.1 Å². The number of nitrogens with one attached hydrogen (secondary N) is 2. The van der Waals surface area contributed by atoms with Crippen LogP contribution in [0, 0.1) is 6.92 Å². The van der Waals surface area contributed by atoms with E-state index < -0.39 is 11.9 Å². The Bertz CT molecular complexity index is 668. The number of methoxy groups -OCH3 is 1. The first-order valence-electron chi connectivity index (χ1n) is 6.01. The van der Waals surface area contributed by atoms with Crippen LogP contribution < -0.4 is 15.4 Å². The van der Waals surface area contributed by atoms with Crippen molar-refractivity contribution < 1.29 is 18.7 Å². The van der Waals surface area contributed by atoms with Crippen molar-refractivity contribution in [3.63, 3.8) is 0 Å². The van der Waals surface area contributed by atoms with Crippen LogP contribution >= 0.6 is 11.6 Å². The number of benzene rings is 1. The maximum absolute atomic E-state index is 11.8. The number of carbonyl (C=O) groups excluding carboxylic acids is 2. The first-order chi connectivity index (χ1) is 10.0. The van der Waals surface area contributed by atoms with Gasteiger partial charge in [-0.25, -0.2) is 4.79 Å². The summed E-state index contributed by atoms with van der Waals surface area (Å²) in [5, 5.41) is 5.19. The van der Waals surface area contributed by atoms with E-state index in [1.807, 2.05) is 0 Å². The van der Waals surface area contributed by atoms with E-state index in [0.29, 0.717) is 16.5 Å². The van der Waals surface area contributed by atoms with E-state index in [-0.39, 0.29) is 5.76 Å². The molecule has 2 rings (SSSR count). The summed E-state index contributed by atoms with van der Waals surface area (Å²) in [6.45, 7) is 1.79. The Hall–Kier alpha value is -2.47. The van der Waals surface area contributed by atoms with Crippen molar-refractivity contribution in [3.8, 4) is 5.75 Å². The van der Waals surface area contributed by atoms with Crippen LogP contribution in [0.1, 0.15) is 16.1 Å². The van der Waals surface area contributed by atoms with Crippen molar-refractivity contribution in [2.24, 2.45) is 0 Å². The van der Waals surface area contributed by atoms with Crippen LogP contribution in [-0.2, 0) is 0 Å². The Morgan fingerprint density at radius 2 is 2.10 bits per heavy atom. The molecule has 2 N–H and O–H groups in total. The summed E-state index contributed by atoms with van der Waals surface area (Å²) in [5.74, 6) is -0.197. The second-order valence-corrected chi connectivity index (χ2v) is 4.59. The summed E-state index contributed by atoms with van der Waals surface area (Å²) < 4.78 is 10.0. The largest absolute Gasteiger partial charge is 0.495 e. The molecule has 0 bridgehead atoms. The molecular formula is C14H13ClN2O4. The third-order valence-corrected chi connectivity index (χ3v) is 3.11. The van der Waals surface area contributed by atoms with Gasteiger partial charge in [0.2, 0.25) is 0 Å². The molecule has 0 fully saturated rings. The van der Waals surface area contributed by atoms with Crippen LogP contribution in [0.25, 0.3) is 0 Å². The molecule has 2 aromatic rings. The van der Waals surface area contributed by atoms with Gasteiger partial charge in [-0.2, -0.15) is 0 Å². The minimum atomic E-state index is -0.698. The molecule has 0 unspecified atom stereocenters. The van der Waals surface area contributed by atoms with E-state index >= 15 is 0 Å². The van der Waals surface area contributed by atoms with Crippen molar-refractivity contribution >= 4 is 29.2 Å². The molecule has 6 nitrogen and oxygen atoms in total. The van der Waals surface area contributed by atoms with Gasteiger partial charge >= 0.3 is 6.03 Å². The normalized spacial score (nSPS) is 10.0. The first kappa shape index (κ1) is 14.9. The summed E-state index contributed by atoms with van der Waals surface area (Å²) >= 11 is 5.98. The Morgan fingerprint density at radius 1 is 1.33 bits per heavy atom. The van der Waals surface area contributed by atoms with Crippen molar-refractivity contribution in [3.05, 3.63) is 46.9 Å². The van der Waals surface area contributed by atoms with Crippen LogP contribution in [0.15, 0.2) is 34.9 Å². The number of rotatable bonds is 3. The smallest absolute Gasteiger partial charge is 0.326 e. The number of hydrogen-bond acceptors (Lipinski definition) is 4. The number of urea groups is 1. The summed E-state index contributed by atoms with van der Waals surface area (Å²) in [6.07, 6.45) is 1.35. The highest BCUT2D eigenvalue weighted by atomic mass is 35.5. The average molecular weight is 309 g/mol. The molecule has 0 aliphatic rings. The van der Waals surface area contributed by atoms with Crippen LogP contribution in [0.5, 0.6) is 5.75 Å². The maximum atomic E-state index is 11.8. The zero-order valence-corrected chi connectivity index (χ0v) is 12.2. The van der Waals surface area contributed by atoms with E-state index in [2.05, 4.69) is 10.6 Å². The molecule has 1 aromatic carbocycles. The fraction of sp³-hybridized carbons (Fsp3) is 0.143. The monoisotopic (exact) mass is 308 g/mol. The maximum Gasteiger partial charge on any atom is 0.326 e.